The van der Waals surface area contributed by atoms with Gasteiger partial charge in [0.2, 0.25) is 0 Å². The lowest BCUT2D eigenvalue weighted by atomic mass is 10.1. The SMILES string of the molecule is O=C(COc1ccccc1Cl)Nc1cccc(C(=O)Nc2cccc(C(F)(F)F)c2)c1. The quantitative estimate of drug-likeness (QED) is 0.513. The Balaban J connectivity index is 1.62. The molecule has 0 aromatic heterocycles. The van der Waals surface area contributed by atoms with E-state index in [-0.39, 0.29) is 17.9 Å². The molecule has 2 N–H and O–H groups in total. The molecule has 0 saturated carbocycles. The summed E-state index contributed by atoms with van der Waals surface area (Å²) in [6.45, 7) is -0.301. The molecule has 3 aromatic rings. The maximum atomic E-state index is 12.8. The fraction of sp³-hybridized carbons (Fsp3) is 0.0909. The number of alkyl halides is 3. The van der Waals surface area contributed by atoms with Gasteiger partial charge in [-0.2, -0.15) is 13.2 Å². The van der Waals surface area contributed by atoms with E-state index in [1.165, 1.54) is 30.3 Å². The van der Waals surface area contributed by atoms with Crippen LogP contribution in [0.2, 0.25) is 5.02 Å². The van der Waals surface area contributed by atoms with E-state index >= 15 is 0 Å². The predicted octanol–water partition coefficient (Wildman–Crippen LogP) is 5.63. The lowest BCUT2D eigenvalue weighted by Gasteiger charge is -2.11. The molecular weight excluding hydrogens is 433 g/mol. The average molecular weight is 449 g/mol. The molecule has 0 heterocycles. The number of para-hydroxylation sites is 1. The van der Waals surface area contributed by atoms with Crippen LogP contribution in [0.15, 0.2) is 72.8 Å². The fourth-order valence-corrected chi connectivity index (χ4v) is 2.81. The van der Waals surface area contributed by atoms with Gasteiger partial charge in [-0.3, -0.25) is 9.59 Å². The summed E-state index contributed by atoms with van der Waals surface area (Å²) in [4.78, 5) is 24.5. The summed E-state index contributed by atoms with van der Waals surface area (Å²) < 4.78 is 43.8. The molecule has 5 nitrogen and oxygen atoms in total. The number of ether oxygens (including phenoxy) is 1. The van der Waals surface area contributed by atoms with Gasteiger partial charge in [0.25, 0.3) is 11.8 Å². The Morgan fingerprint density at radius 3 is 2.26 bits per heavy atom. The van der Waals surface area contributed by atoms with Crippen LogP contribution in [0.5, 0.6) is 5.75 Å². The van der Waals surface area contributed by atoms with Crippen molar-refractivity contribution in [3.05, 3.63) is 88.9 Å². The number of carbonyl (C=O) groups is 2. The van der Waals surface area contributed by atoms with Crippen LogP contribution in [0.3, 0.4) is 0 Å². The molecule has 0 saturated heterocycles. The zero-order valence-electron chi connectivity index (χ0n) is 15.9. The maximum Gasteiger partial charge on any atom is 0.416 e. The second-order valence-electron chi connectivity index (χ2n) is 6.38. The second-order valence-corrected chi connectivity index (χ2v) is 6.79. The van der Waals surface area contributed by atoms with Gasteiger partial charge in [0, 0.05) is 16.9 Å². The highest BCUT2D eigenvalue weighted by molar-refractivity contribution is 6.32. The van der Waals surface area contributed by atoms with E-state index < -0.39 is 23.6 Å². The van der Waals surface area contributed by atoms with Crippen LogP contribution in [-0.2, 0) is 11.0 Å². The normalized spacial score (nSPS) is 11.0. The molecule has 3 rings (SSSR count). The van der Waals surface area contributed by atoms with Crippen LogP contribution < -0.4 is 15.4 Å². The highest BCUT2D eigenvalue weighted by atomic mass is 35.5. The molecule has 0 spiro atoms. The molecule has 31 heavy (non-hydrogen) atoms. The third-order valence-electron chi connectivity index (χ3n) is 4.05. The number of rotatable bonds is 6. The number of carbonyl (C=O) groups excluding carboxylic acids is 2. The molecule has 0 radical (unpaired) electrons. The van der Waals surface area contributed by atoms with Crippen molar-refractivity contribution in [2.45, 2.75) is 6.18 Å². The Hall–Kier alpha value is -3.52. The zero-order chi connectivity index (χ0) is 22.4. The number of benzene rings is 3. The number of amides is 2. The van der Waals surface area contributed by atoms with Crippen molar-refractivity contribution in [1.29, 1.82) is 0 Å². The third-order valence-corrected chi connectivity index (χ3v) is 4.36. The van der Waals surface area contributed by atoms with Crippen molar-refractivity contribution in [1.82, 2.24) is 0 Å². The van der Waals surface area contributed by atoms with Gasteiger partial charge in [-0.15, -0.1) is 0 Å². The van der Waals surface area contributed by atoms with Gasteiger partial charge >= 0.3 is 6.18 Å². The highest BCUT2D eigenvalue weighted by Gasteiger charge is 2.30. The van der Waals surface area contributed by atoms with Gasteiger partial charge in [0.1, 0.15) is 5.75 Å². The van der Waals surface area contributed by atoms with Crippen molar-refractivity contribution < 1.29 is 27.5 Å². The summed E-state index contributed by atoms with van der Waals surface area (Å²) in [5.74, 6) is -0.744. The van der Waals surface area contributed by atoms with Crippen LogP contribution >= 0.6 is 11.6 Å². The van der Waals surface area contributed by atoms with Crippen molar-refractivity contribution in [2.75, 3.05) is 17.2 Å². The molecule has 2 amide bonds. The van der Waals surface area contributed by atoms with Crippen molar-refractivity contribution in [2.24, 2.45) is 0 Å². The number of halogens is 4. The minimum Gasteiger partial charge on any atom is -0.482 e. The minimum absolute atomic E-state index is 0.00223. The topological polar surface area (TPSA) is 67.4 Å². The molecule has 0 fully saturated rings. The molecule has 3 aromatic carbocycles. The first-order valence-corrected chi connectivity index (χ1v) is 9.36. The Kier molecular flexibility index (Phi) is 6.81. The molecule has 0 aliphatic heterocycles. The number of nitrogens with one attached hydrogen (secondary N) is 2. The van der Waals surface area contributed by atoms with Crippen molar-refractivity contribution in [3.63, 3.8) is 0 Å². The first kappa shape index (κ1) is 22.2. The van der Waals surface area contributed by atoms with Crippen LogP contribution in [0.25, 0.3) is 0 Å². The standard InChI is InChI=1S/C22H16ClF3N2O3/c23-18-9-1-2-10-19(18)31-13-20(29)27-16-7-3-5-14(11-16)21(30)28-17-8-4-6-15(12-17)22(24,25)26/h1-12H,13H2,(H,27,29)(H,28,30). The summed E-state index contributed by atoms with van der Waals surface area (Å²) >= 11 is 5.96. The third kappa shape index (κ3) is 6.23. The number of hydrogen-bond donors (Lipinski definition) is 2. The van der Waals surface area contributed by atoms with Crippen LogP contribution in [0.1, 0.15) is 15.9 Å². The van der Waals surface area contributed by atoms with Gasteiger partial charge in [-0.25, -0.2) is 0 Å². The van der Waals surface area contributed by atoms with Gasteiger partial charge in [0.15, 0.2) is 6.61 Å². The van der Waals surface area contributed by atoms with E-state index in [0.29, 0.717) is 16.5 Å². The number of anilines is 2. The first-order chi connectivity index (χ1) is 14.7. The summed E-state index contributed by atoms with van der Waals surface area (Å²) in [6, 6.07) is 17.0. The van der Waals surface area contributed by atoms with Crippen molar-refractivity contribution in [3.8, 4) is 5.75 Å². The summed E-state index contributed by atoms with van der Waals surface area (Å²) in [5.41, 5.74) is -0.390. The van der Waals surface area contributed by atoms with E-state index in [2.05, 4.69) is 10.6 Å². The average Bonchev–Trinajstić information content (AvgIpc) is 2.73. The van der Waals surface area contributed by atoms with Crippen LogP contribution in [0.4, 0.5) is 24.5 Å². The molecule has 0 bridgehead atoms. The minimum atomic E-state index is -4.52. The van der Waals surface area contributed by atoms with Crippen LogP contribution in [-0.4, -0.2) is 18.4 Å². The molecule has 9 heteroatoms. The Bertz CT molecular complexity index is 1100. The predicted molar refractivity (Wildman–Crippen MR) is 111 cm³/mol. The number of hydrogen-bond acceptors (Lipinski definition) is 3. The zero-order valence-corrected chi connectivity index (χ0v) is 16.6. The van der Waals surface area contributed by atoms with E-state index in [0.717, 1.165) is 12.1 Å². The maximum absolute atomic E-state index is 12.8. The smallest absolute Gasteiger partial charge is 0.416 e. The molecule has 0 unspecified atom stereocenters. The van der Waals surface area contributed by atoms with E-state index in [1.54, 1.807) is 30.3 Å². The van der Waals surface area contributed by atoms with Gasteiger partial charge in [-0.05, 0) is 48.5 Å². The van der Waals surface area contributed by atoms with E-state index in [9.17, 15) is 22.8 Å². The fourth-order valence-electron chi connectivity index (χ4n) is 2.62. The van der Waals surface area contributed by atoms with E-state index in [4.69, 9.17) is 16.3 Å². The van der Waals surface area contributed by atoms with Crippen molar-refractivity contribution >= 4 is 34.8 Å². The molecule has 0 atom stereocenters. The monoisotopic (exact) mass is 448 g/mol. The Morgan fingerprint density at radius 2 is 1.55 bits per heavy atom. The summed E-state index contributed by atoms with van der Waals surface area (Å²) in [7, 11) is 0. The largest absolute Gasteiger partial charge is 0.482 e. The first-order valence-electron chi connectivity index (χ1n) is 8.98. The molecular formula is C22H16ClF3N2O3. The second kappa shape index (κ2) is 9.53. The van der Waals surface area contributed by atoms with Gasteiger partial charge < -0.3 is 15.4 Å². The summed E-state index contributed by atoms with van der Waals surface area (Å²) in [6.07, 6.45) is -4.52. The summed E-state index contributed by atoms with van der Waals surface area (Å²) in [5, 5.41) is 5.36. The van der Waals surface area contributed by atoms with Crippen LogP contribution in [0, 0.1) is 0 Å². The lowest BCUT2D eigenvalue weighted by Crippen LogP contribution is -2.20. The molecule has 0 aliphatic carbocycles. The van der Waals surface area contributed by atoms with Gasteiger partial charge in [-0.1, -0.05) is 35.9 Å². The van der Waals surface area contributed by atoms with Gasteiger partial charge in [0.05, 0.1) is 10.6 Å². The Morgan fingerprint density at radius 1 is 0.871 bits per heavy atom. The molecule has 0 aliphatic rings. The molecule has 160 valence electrons. The Labute approximate surface area is 180 Å². The highest BCUT2D eigenvalue weighted by Crippen LogP contribution is 2.30. The lowest BCUT2D eigenvalue weighted by molar-refractivity contribution is -0.137. The van der Waals surface area contributed by atoms with E-state index in [1.807, 2.05) is 0 Å².